The van der Waals surface area contributed by atoms with Gasteiger partial charge in [0.05, 0.1) is 23.7 Å². The molecule has 1 aliphatic heterocycles. The number of carbonyl (C=O) groups excluding carboxylic acids is 2. The molecule has 1 atom stereocenters. The van der Waals surface area contributed by atoms with E-state index in [0.717, 1.165) is 0 Å². The molecule has 1 aromatic carbocycles. The average molecular weight is 433 g/mol. The van der Waals surface area contributed by atoms with Gasteiger partial charge >= 0.3 is 5.97 Å². The van der Waals surface area contributed by atoms with Gasteiger partial charge in [0.1, 0.15) is 5.82 Å². The molecule has 9 nitrogen and oxygen atoms in total. The van der Waals surface area contributed by atoms with Crippen molar-refractivity contribution in [2.45, 2.75) is 18.9 Å². The number of fused-ring (bicyclic) bond motifs is 1. The van der Waals surface area contributed by atoms with Crippen molar-refractivity contribution in [2.75, 3.05) is 32.6 Å². The molecule has 1 saturated heterocycles. The molecule has 9 heteroatoms. The highest BCUT2D eigenvalue weighted by Gasteiger charge is 2.42. The zero-order chi connectivity index (χ0) is 22.9. The highest BCUT2D eigenvalue weighted by atomic mass is 16.5. The zero-order valence-corrected chi connectivity index (χ0v) is 18.0. The molecule has 1 amide bonds. The minimum absolute atomic E-state index is 0.150. The molecular weight excluding hydrogens is 410 g/mol. The Hall–Kier alpha value is -3.90. The van der Waals surface area contributed by atoms with Gasteiger partial charge in [-0.05, 0) is 31.2 Å². The Balaban J connectivity index is 1.80. The second-order valence-corrected chi connectivity index (χ2v) is 7.47. The van der Waals surface area contributed by atoms with Gasteiger partial charge in [-0.25, -0.2) is 14.5 Å². The number of esters is 1. The standard InChI is InChI=1S/C23H23N5O4/c1-4-24-20-18-17(9-12-25-20)28(26-19(18)21(29)32-3)16-7-5-6-15(14-16)8-10-23(31)11-13-27(2)22(23)30/h5-7,9,12,14,31H,4,11,13H2,1-3H3,(H,24,25)/t23-/m0/s1. The van der Waals surface area contributed by atoms with Gasteiger partial charge in [-0.2, -0.15) is 5.10 Å². The quantitative estimate of drug-likeness (QED) is 0.475. The number of rotatable bonds is 4. The van der Waals surface area contributed by atoms with Crippen LogP contribution < -0.4 is 5.32 Å². The summed E-state index contributed by atoms with van der Waals surface area (Å²) in [6.45, 7) is 3.02. The van der Waals surface area contributed by atoms with Crippen molar-refractivity contribution in [2.24, 2.45) is 0 Å². The van der Waals surface area contributed by atoms with E-state index in [1.54, 1.807) is 42.2 Å². The van der Waals surface area contributed by atoms with Crippen molar-refractivity contribution in [3.63, 3.8) is 0 Å². The highest BCUT2D eigenvalue weighted by Crippen LogP contribution is 2.28. The number of carbonyl (C=O) groups is 2. The summed E-state index contributed by atoms with van der Waals surface area (Å²) in [5, 5.41) is 18.7. The topological polar surface area (TPSA) is 110 Å². The second kappa shape index (κ2) is 8.32. The summed E-state index contributed by atoms with van der Waals surface area (Å²) >= 11 is 0. The molecule has 32 heavy (non-hydrogen) atoms. The third-order valence-electron chi connectivity index (χ3n) is 5.33. The number of methoxy groups -OCH3 is 1. The predicted octanol–water partition coefficient (Wildman–Crippen LogP) is 1.58. The molecular formula is C23H23N5O4. The number of nitrogens with zero attached hydrogens (tertiary/aromatic N) is 4. The van der Waals surface area contributed by atoms with Gasteiger partial charge in [0.25, 0.3) is 5.91 Å². The smallest absolute Gasteiger partial charge is 0.359 e. The minimum atomic E-state index is -1.67. The summed E-state index contributed by atoms with van der Waals surface area (Å²) in [7, 11) is 2.94. The average Bonchev–Trinajstić information content (AvgIpc) is 3.32. The summed E-state index contributed by atoms with van der Waals surface area (Å²) < 4.78 is 6.54. The molecule has 4 rings (SSSR count). The molecule has 2 aromatic heterocycles. The first-order valence-electron chi connectivity index (χ1n) is 10.2. The maximum absolute atomic E-state index is 12.4. The fourth-order valence-corrected chi connectivity index (χ4v) is 3.66. The molecule has 0 unspecified atom stereocenters. The van der Waals surface area contributed by atoms with Gasteiger partial charge in [0.15, 0.2) is 5.69 Å². The SMILES string of the molecule is CCNc1nccc2c1c(C(=O)OC)nn2-c1cccc(C#C[C@]2(O)CCN(C)C2=O)c1. The number of aromatic nitrogens is 3. The van der Waals surface area contributed by atoms with E-state index in [1.807, 2.05) is 13.0 Å². The summed E-state index contributed by atoms with van der Waals surface area (Å²) in [4.78, 5) is 30.4. The van der Waals surface area contributed by atoms with Crippen molar-refractivity contribution in [3.05, 3.63) is 47.8 Å². The number of nitrogens with one attached hydrogen (secondary N) is 1. The normalized spacial score (nSPS) is 17.9. The number of anilines is 1. The van der Waals surface area contributed by atoms with Crippen molar-refractivity contribution >= 4 is 28.6 Å². The predicted molar refractivity (Wildman–Crippen MR) is 118 cm³/mol. The van der Waals surface area contributed by atoms with Crippen molar-refractivity contribution in [1.82, 2.24) is 19.7 Å². The molecule has 164 valence electrons. The van der Waals surface area contributed by atoms with E-state index >= 15 is 0 Å². The lowest BCUT2D eigenvalue weighted by Gasteiger charge is -2.13. The number of benzene rings is 1. The van der Waals surface area contributed by atoms with Crippen LogP contribution in [0.15, 0.2) is 36.5 Å². The Morgan fingerprint density at radius 2 is 2.19 bits per heavy atom. The summed E-state index contributed by atoms with van der Waals surface area (Å²) in [5.74, 6) is 5.20. The lowest BCUT2D eigenvalue weighted by atomic mass is 10.0. The molecule has 0 bridgehead atoms. The number of amides is 1. The highest BCUT2D eigenvalue weighted by molar-refractivity contribution is 6.07. The first-order valence-corrected chi connectivity index (χ1v) is 10.2. The van der Waals surface area contributed by atoms with Crippen molar-refractivity contribution < 1.29 is 19.4 Å². The fraction of sp³-hybridized carbons (Fsp3) is 0.304. The fourth-order valence-electron chi connectivity index (χ4n) is 3.66. The summed E-state index contributed by atoms with van der Waals surface area (Å²) in [6.07, 6.45) is 1.91. The largest absolute Gasteiger partial charge is 0.464 e. The van der Waals surface area contributed by atoms with Crippen LogP contribution in [0.3, 0.4) is 0 Å². The monoisotopic (exact) mass is 433 g/mol. The third kappa shape index (κ3) is 3.65. The molecule has 2 N–H and O–H groups in total. The van der Waals surface area contributed by atoms with E-state index in [4.69, 9.17) is 4.74 Å². The number of likely N-dealkylation sites (tertiary alicyclic amines) is 1. The van der Waals surface area contributed by atoms with Crippen LogP contribution in [-0.2, 0) is 9.53 Å². The maximum Gasteiger partial charge on any atom is 0.359 e. The Morgan fingerprint density at radius 3 is 2.88 bits per heavy atom. The van der Waals surface area contributed by atoms with Crippen LogP contribution >= 0.6 is 0 Å². The van der Waals surface area contributed by atoms with E-state index < -0.39 is 17.5 Å². The van der Waals surface area contributed by atoms with Crippen LogP contribution in [0.5, 0.6) is 0 Å². The van der Waals surface area contributed by atoms with Gasteiger partial charge in [0, 0.05) is 38.3 Å². The second-order valence-electron chi connectivity index (χ2n) is 7.47. The summed E-state index contributed by atoms with van der Waals surface area (Å²) in [6, 6.07) is 8.95. The third-order valence-corrected chi connectivity index (χ3v) is 5.33. The van der Waals surface area contributed by atoms with E-state index in [-0.39, 0.29) is 12.1 Å². The number of likely N-dealkylation sites (N-methyl/N-ethyl adjacent to an activating group) is 1. The molecule has 0 spiro atoms. The lowest BCUT2D eigenvalue weighted by molar-refractivity contribution is -0.137. The van der Waals surface area contributed by atoms with Crippen molar-refractivity contribution in [1.29, 1.82) is 0 Å². The molecule has 1 aliphatic rings. The van der Waals surface area contributed by atoms with Crippen LogP contribution in [0, 0.1) is 11.8 Å². The summed E-state index contributed by atoms with van der Waals surface area (Å²) in [5.41, 5.74) is 0.410. The first kappa shape index (κ1) is 21.3. The Kier molecular flexibility index (Phi) is 5.55. The van der Waals surface area contributed by atoms with Crippen LogP contribution in [0.4, 0.5) is 5.82 Å². The molecule has 1 fully saturated rings. The first-order chi connectivity index (χ1) is 15.4. The van der Waals surface area contributed by atoms with Crippen LogP contribution in [0.1, 0.15) is 29.4 Å². The molecule has 0 radical (unpaired) electrons. The van der Waals surface area contributed by atoms with E-state index in [0.29, 0.717) is 41.1 Å². The zero-order valence-electron chi connectivity index (χ0n) is 18.0. The minimum Gasteiger partial charge on any atom is -0.464 e. The Labute approximate surface area is 185 Å². The van der Waals surface area contributed by atoms with E-state index in [2.05, 4.69) is 27.2 Å². The Morgan fingerprint density at radius 1 is 1.38 bits per heavy atom. The van der Waals surface area contributed by atoms with Gasteiger partial charge < -0.3 is 20.1 Å². The molecule has 3 aromatic rings. The lowest BCUT2D eigenvalue weighted by Crippen LogP contribution is -2.37. The molecule has 3 heterocycles. The Bertz CT molecular complexity index is 1270. The van der Waals surface area contributed by atoms with Gasteiger partial charge in [-0.3, -0.25) is 4.79 Å². The number of hydrogen-bond acceptors (Lipinski definition) is 7. The van der Waals surface area contributed by atoms with E-state index in [1.165, 1.54) is 12.0 Å². The number of hydrogen-bond donors (Lipinski definition) is 2. The van der Waals surface area contributed by atoms with Crippen LogP contribution in [-0.4, -0.2) is 69.5 Å². The van der Waals surface area contributed by atoms with Gasteiger partial charge in [-0.15, -0.1) is 0 Å². The van der Waals surface area contributed by atoms with Crippen molar-refractivity contribution in [3.8, 4) is 17.5 Å². The van der Waals surface area contributed by atoms with Crippen LogP contribution in [0.25, 0.3) is 16.6 Å². The molecule has 0 saturated carbocycles. The number of pyridine rings is 1. The van der Waals surface area contributed by atoms with E-state index in [9.17, 15) is 14.7 Å². The van der Waals surface area contributed by atoms with Gasteiger partial charge in [-0.1, -0.05) is 17.9 Å². The number of ether oxygens (including phenoxy) is 1. The number of aliphatic hydroxyl groups is 1. The van der Waals surface area contributed by atoms with Crippen LogP contribution in [0.2, 0.25) is 0 Å². The maximum atomic E-state index is 12.4. The van der Waals surface area contributed by atoms with Gasteiger partial charge in [0.2, 0.25) is 5.60 Å². The molecule has 0 aliphatic carbocycles.